The molecule has 24 heavy (non-hydrogen) atoms. The molecule has 0 saturated carbocycles. The molecule has 0 N–H and O–H groups in total. The third-order valence-corrected chi connectivity index (χ3v) is 4.82. The van der Waals surface area contributed by atoms with Crippen LogP contribution < -0.4 is 4.74 Å². The summed E-state index contributed by atoms with van der Waals surface area (Å²) in [7, 11) is 0. The summed E-state index contributed by atoms with van der Waals surface area (Å²) in [5.41, 5.74) is 0.917. The SMILES string of the molecule is CC(Oc1ccccc1)c1nn2c(-c3ccc(Cl)cc3)nnc2s1. The molecule has 5 nitrogen and oxygen atoms in total. The molecule has 2 aromatic carbocycles. The Hall–Kier alpha value is -2.44. The van der Waals surface area contributed by atoms with Crippen molar-refractivity contribution in [1.29, 1.82) is 0 Å². The zero-order valence-electron chi connectivity index (χ0n) is 12.8. The minimum absolute atomic E-state index is 0.169. The molecule has 120 valence electrons. The Balaban J connectivity index is 1.65. The van der Waals surface area contributed by atoms with Crippen molar-refractivity contribution in [3.05, 3.63) is 64.6 Å². The molecule has 7 heteroatoms. The van der Waals surface area contributed by atoms with Gasteiger partial charge in [-0.1, -0.05) is 41.1 Å². The van der Waals surface area contributed by atoms with Gasteiger partial charge in [-0.05, 0) is 43.3 Å². The Morgan fingerprint density at radius 3 is 2.54 bits per heavy atom. The normalized spacial score (nSPS) is 12.4. The molecule has 0 fully saturated rings. The fourth-order valence-electron chi connectivity index (χ4n) is 2.33. The lowest BCUT2D eigenvalue weighted by atomic mass is 10.2. The Labute approximate surface area is 147 Å². The van der Waals surface area contributed by atoms with Gasteiger partial charge in [0.15, 0.2) is 10.8 Å². The van der Waals surface area contributed by atoms with E-state index in [9.17, 15) is 0 Å². The maximum atomic E-state index is 5.94. The quantitative estimate of drug-likeness (QED) is 0.534. The van der Waals surface area contributed by atoms with E-state index in [0.717, 1.165) is 21.3 Å². The summed E-state index contributed by atoms with van der Waals surface area (Å²) in [4.78, 5) is 0.735. The third-order valence-electron chi connectivity index (χ3n) is 3.51. The van der Waals surface area contributed by atoms with E-state index < -0.39 is 0 Å². The van der Waals surface area contributed by atoms with E-state index in [1.807, 2.05) is 61.5 Å². The summed E-state index contributed by atoms with van der Waals surface area (Å²) in [6, 6.07) is 17.2. The van der Waals surface area contributed by atoms with Gasteiger partial charge in [0.05, 0.1) is 0 Å². The maximum absolute atomic E-state index is 5.94. The van der Waals surface area contributed by atoms with Gasteiger partial charge >= 0.3 is 0 Å². The molecular formula is C17H13ClN4OS. The molecule has 0 bridgehead atoms. The molecule has 2 heterocycles. The van der Waals surface area contributed by atoms with Gasteiger partial charge in [0.2, 0.25) is 4.96 Å². The van der Waals surface area contributed by atoms with Gasteiger partial charge in [-0.3, -0.25) is 0 Å². The van der Waals surface area contributed by atoms with E-state index in [-0.39, 0.29) is 6.10 Å². The monoisotopic (exact) mass is 356 g/mol. The van der Waals surface area contributed by atoms with Crippen molar-refractivity contribution >= 4 is 27.9 Å². The van der Waals surface area contributed by atoms with Crippen LogP contribution in [0.4, 0.5) is 0 Å². The van der Waals surface area contributed by atoms with Crippen LogP contribution in [-0.2, 0) is 0 Å². The number of nitrogens with zero attached hydrogens (tertiary/aromatic N) is 4. The number of benzene rings is 2. The number of rotatable bonds is 4. The van der Waals surface area contributed by atoms with Crippen LogP contribution >= 0.6 is 22.9 Å². The van der Waals surface area contributed by atoms with Crippen molar-refractivity contribution in [2.75, 3.05) is 0 Å². The second-order valence-corrected chi connectivity index (χ2v) is 6.66. The van der Waals surface area contributed by atoms with Crippen LogP contribution in [0, 0.1) is 0 Å². The molecule has 4 aromatic rings. The van der Waals surface area contributed by atoms with E-state index in [1.165, 1.54) is 11.3 Å². The van der Waals surface area contributed by atoms with Crippen LogP contribution in [0.3, 0.4) is 0 Å². The lowest BCUT2D eigenvalue weighted by molar-refractivity contribution is 0.225. The lowest BCUT2D eigenvalue weighted by Crippen LogP contribution is -2.03. The summed E-state index contributed by atoms with van der Waals surface area (Å²) in [5.74, 6) is 1.50. The highest BCUT2D eigenvalue weighted by Crippen LogP contribution is 2.28. The summed E-state index contributed by atoms with van der Waals surface area (Å²) < 4.78 is 7.67. The number of hydrogen-bond acceptors (Lipinski definition) is 5. The van der Waals surface area contributed by atoms with Crippen molar-refractivity contribution in [2.24, 2.45) is 0 Å². The Bertz CT molecular complexity index is 965. The zero-order valence-corrected chi connectivity index (χ0v) is 14.3. The Morgan fingerprint density at radius 1 is 1.04 bits per heavy atom. The molecule has 4 rings (SSSR count). The van der Waals surface area contributed by atoms with Crippen LogP contribution in [-0.4, -0.2) is 19.8 Å². The summed E-state index contributed by atoms with van der Waals surface area (Å²) in [5, 5.41) is 14.6. The first-order valence-electron chi connectivity index (χ1n) is 7.40. The molecule has 0 aliphatic rings. The highest BCUT2D eigenvalue weighted by Gasteiger charge is 2.18. The molecule has 1 unspecified atom stereocenters. The number of halogens is 1. The van der Waals surface area contributed by atoms with Gasteiger partial charge in [0.25, 0.3) is 0 Å². The highest BCUT2D eigenvalue weighted by molar-refractivity contribution is 7.16. The standard InChI is InChI=1S/C17H13ClN4OS/c1-11(23-14-5-3-2-4-6-14)16-21-22-15(19-20-17(22)24-16)12-7-9-13(18)10-8-12/h2-11H,1H3. The topological polar surface area (TPSA) is 52.3 Å². The molecule has 0 radical (unpaired) electrons. The molecular weight excluding hydrogens is 344 g/mol. The fraction of sp³-hybridized carbons (Fsp3) is 0.118. The van der Waals surface area contributed by atoms with Crippen molar-refractivity contribution < 1.29 is 4.74 Å². The molecule has 0 amide bonds. The largest absolute Gasteiger partial charge is 0.483 e. The predicted octanol–water partition coefficient (Wildman–Crippen LogP) is 4.65. The molecule has 1 atom stereocenters. The van der Waals surface area contributed by atoms with Crippen LogP contribution in [0.2, 0.25) is 5.02 Å². The van der Waals surface area contributed by atoms with E-state index in [4.69, 9.17) is 16.3 Å². The minimum atomic E-state index is -0.169. The number of aromatic nitrogens is 4. The Morgan fingerprint density at radius 2 is 1.79 bits per heavy atom. The van der Waals surface area contributed by atoms with Crippen molar-refractivity contribution in [2.45, 2.75) is 13.0 Å². The molecule has 0 spiro atoms. The van der Waals surface area contributed by atoms with Crippen molar-refractivity contribution in [3.63, 3.8) is 0 Å². The second-order valence-electron chi connectivity index (χ2n) is 5.24. The summed E-state index contributed by atoms with van der Waals surface area (Å²) in [6.07, 6.45) is -0.169. The van der Waals surface area contributed by atoms with Crippen molar-refractivity contribution in [1.82, 2.24) is 19.8 Å². The van der Waals surface area contributed by atoms with Gasteiger partial charge in [-0.15, -0.1) is 10.2 Å². The summed E-state index contributed by atoms with van der Waals surface area (Å²) >= 11 is 7.41. The first-order chi connectivity index (χ1) is 11.7. The van der Waals surface area contributed by atoms with Crippen LogP contribution in [0.15, 0.2) is 54.6 Å². The number of para-hydroxylation sites is 1. The van der Waals surface area contributed by atoms with Gasteiger partial charge in [0, 0.05) is 10.6 Å². The number of hydrogen-bond donors (Lipinski definition) is 0. The fourth-order valence-corrected chi connectivity index (χ4v) is 3.27. The third kappa shape index (κ3) is 2.86. The molecule has 0 aliphatic carbocycles. The van der Waals surface area contributed by atoms with Crippen molar-refractivity contribution in [3.8, 4) is 17.1 Å². The first kappa shape index (κ1) is 15.1. The predicted molar refractivity (Wildman–Crippen MR) is 94.6 cm³/mol. The number of fused-ring (bicyclic) bond motifs is 1. The minimum Gasteiger partial charge on any atom is -0.483 e. The molecule has 2 aromatic heterocycles. The van der Waals surface area contributed by atoms with E-state index >= 15 is 0 Å². The van der Waals surface area contributed by atoms with E-state index in [2.05, 4.69) is 15.3 Å². The second kappa shape index (κ2) is 6.22. The molecule has 0 saturated heterocycles. The average Bonchev–Trinajstić information content (AvgIpc) is 3.17. The summed E-state index contributed by atoms with van der Waals surface area (Å²) in [6.45, 7) is 1.97. The lowest BCUT2D eigenvalue weighted by Gasteiger charge is -2.11. The van der Waals surface area contributed by atoms with E-state index in [0.29, 0.717) is 10.8 Å². The van der Waals surface area contributed by atoms with Gasteiger partial charge in [-0.2, -0.15) is 9.61 Å². The Kier molecular flexibility index (Phi) is 3.92. The maximum Gasteiger partial charge on any atom is 0.235 e. The average molecular weight is 357 g/mol. The highest BCUT2D eigenvalue weighted by atomic mass is 35.5. The zero-order chi connectivity index (χ0) is 16.5. The van der Waals surface area contributed by atoms with Gasteiger partial charge in [-0.25, -0.2) is 0 Å². The van der Waals surface area contributed by atoms with Crippen LogP contribution in [0.5, 0.6) is 5.75 Å². The number of ether oxygens (including phenoxy) is 1. The smallest absolute Gasteiger partial charge is 0.235 e. The van der Waals surface area contributed by atoms with Gasteiger partial charge < -0.3 is 4.74 Å². The van der Waals surface area contributed by atoms with Gasteiger partial charge in [0.1, 0.15) is 11.9 Å². The van der Waals surface area contributed by atoms with E-state index in [1.54, 1.807) is 4.52 Å². The first-order valence-corrected chi connectivity index (χ1v) is 8.60. The van der Waals surface area contributed by atoms with Crippen LogP contribution in [0.1, 0.15) is 18.0 Å². The van der Waals surface area contributed by atoms with Crippen LogP contribution in [0.25, 0.3) is 16.3 Å². The molecule has 0 aliphatic heterocycles.